The third-order valence-electron chi connectivity index (χ3n) is 4.16. The Morgan fingerprint density at radius 2 is 1.68 bits per heavy atom. The summed E-state index contributed by atoms with van der Waals surface area (Å²) in [6.07, 6.45) is 0. The van der Waals surface area contributed by atoms with Gasteiger partial charge in [-0.15, -0.1) is 5.06 Å². The highest BCUT2D eigenvalue weighted by atomic mass is 35.5. The molecule has 5 nitrogen and oxygen atoms in total. The molecule has 124 valence electrons. The van der Waals surface area contributed by atoms with Crippen molar-refractivity contribution in [1.82, 2.24) is 5.06 Å². The quantitative estimate of drug-likeness (QED) is 0.574. The van der Waals surface area contributed by atoms with Gasteiger partial charge < -0.3 is 5.73 Å². The predicted octanol–water partition coefficient (Wildman–Crippen LogP) is 3.80. The maximum Gasteiger partial charge on any atom is 0.285 e. The van der Waals surface area contributed by atoms with Crippen LogP contribution in [-0.4, -0.2) is 16.9 Å². The van der Waals surface area contributed by atoms with Gasteiger partial charge >= 0.3 is 0 Å². The summed E-state index contributed by atoms with van der Waals surface area (Å²) in [5.41, 5.74) is 7.72. The minimum absolute atomic E-state index is 0.104. The van der Waals surface area contributed by atoms with Crippen molar-refractivity contribution >= 4 is 39.9 Å². The van der Waals surface area contributed by atoms with Gasteiger partial charge in [-0.05, 0) is 17.7 Å². The Hall–Kier alpha value is -2.89. The molecule has 3 aromatic carbocycles. The van der Waals surface area contributed by atoms with Crippen LogP contribution < -0.4 is 5.73 Å². The van der Waals surface area contributed by atoms with E-state index in [4.69, 9.17) is 22.2 Å². The van der Waals surface area contributed by atoms with Crippen LogP contribution in [-0.2, 0) is 11.4 Å². The van der Waals surface area contributed by atoms with Crippen molar-refractivity contribution in [3.8, 4) is 0 Å². The molecule has 0 radical (unpaired) electrons. The van der Waals surface area contributed by atoms with E-state index in [1.165, 1.54) is 6.07 Å². The molecule has 4 rings (SSSR count). The van der Waals surface area contributed by atoms with Crippen molar-refractivity contribution in [2.45, 2.75) is 6.61 Å². The molecular formula is C19H13ClN2O3. The molecule has 2 amide bonds. The van der Waals surface area contributed by atoms with E-state index < -0.39 is 11.8 Å². The number of carbonyl (C=O) groups is 2. The molecule has 0 aromatic heterocycles. The molecule has 1 heterocycles. The number of anilines is 1. The van der Waals surface area contributed by atoms with E-state index in [2.05, 4.69) is 0 Å². The lowest BCUT2D eigenvalue weighted by Gasteiger charge is -2.26. The summed E-state index contributed by atoms with van der Waals surface area (Å²) in [7, 11) is 0. The van der Waals surface area contributed by atoms with Crippen LogP contribution in [0.5, 0.6) is 0 Å². The number of hydrogen-bond acceptors (Lipinski definition) is 4. The first-order valence-corrected chi connectivity index (χ1v) is 8.02. The number of amides is 2. The molecule has 0 aliphatic carbocycles. The summed E-state index contributed by atoms with van der Waals surface area (Å²) in [5.74, 6) is -1.06. The van der Waals surface area contributed by atoms with E-state index in [1.54, 1.807) is 18.2 Å². The largest absolute Gasteiger partial charge is 0.397 e. The number of hydrogen-bond donors (Lipinski definition) is 1. The lowest BCUT2D eigenvalue weighted by atomic mass is 9.94. The smallest absolute Gasteiger partial charge is 0.285 e. The summed E-state index contributed by atoms with van der Waals surface area (Å²) < 4.78 is 0. The average Bonchev–Trinajstić information content (AvgIpc) is 2.64. The second kappa shape index (κ2) is 5.88. The van der Waals surface area contributed by atoms with E-state index >= 15 is 0 Å². The van der Waals surface area contributed by atoms with E-state index in [-0.39, 0.29) is 12.3 Å². The third kappa shape index (κ3) is 2.45. The highest BCUT2D eigenvalue weighted by molar-refractivity contribution is 6.40. The summed E-state index contributed by atoms with van der Waals surface area (Å²) in [6, 6.07) is 15.9. The van der Waals surface area contributed by atoms with Gasteiger partial charge in [0.2, 0.25) is 0 Å². The van der Waals surface area contributed by atoms with Crippen LogP contribution in [0, 0.1) is 0 Å². The highest BCUT2D eigenvalue weighted by Gasteiger charge is 2.35. The van der Waals surface area contributed by atoms with Gasteiger partial charge in [0.1, 0.15) is 6.61 Å². The molecule has 2 N–H and O–H groups in total. The molecule has 1 aliphatic heterocycles. The molecule has 6 heteroatoms. The number of nitrogens with two attached hydrogens (primary N) is 1. The lowest BCUT2D eigenvalue weighted by Crippen LogP contribution is -2.40. The van der Waals surface area contributed by atoms with Crippen molar-refractivity contribution in [2.24, 2.45) is 0 Å². The number of benzene rings is 3. The maximum absolute atomic E-state index is 12.8. The van der Waals surface area contributed by atoms with Gasteiger partial charge in [0.05, 0.1) is 21.8 Å². The summed E-state index contributed by atoms with van der Waals surface area (Å²) in [4.78, 5) is 31.0. The summed E-state index contributed by atoms with van der Waals surface area (Å²) >= 11 is 6.23. The van der Waals surface area contributed by atoms with Crippen LogP contribution in [0.25, 0.3) is 10.8 Å². The van der Waals surface area contributed by atoms with Crippen LogP contribution in [0.1, 0.15) is 26.3 Å². The van der Waals surface area contributed by atoms with Crippen molar-refractivity contribution in [2.75, 3.05) is 5.73 Å². The number of halogens is 1. The molecule has 0 unspecified atom stereocenters. The predicted molar refractivity (Wildman–Crippen MR) is 95.1 cm³/mol. The molecule has 0 fully saturated rings. The fourth-order valence-electron chi connectivity index (χ4n) is 2.96. The lowest BCUT2D eigenvalue weighted by molar-refractivity contribution is -0.104. The van der Waals surface area contributed by atoms with Gasteiger partial charge in [0, 0.05) is 10.8 Å². The van der Waals surface area contributed by atoms with Gasteiger partial charge in [0.15, 0.2) is 0 Å². The topological polar surface area (TPSA) is 72.6 Å². The van der Waals surface area contributed by atoms with Gasteiger partial charge in [-0.3, -0.25) is 14.4 Å². The van der Waals surface area contributed by atoms with E-state index in [1.807, 2.05) is 30.3 Å². The number of hydroxylamine groups is 2. The minimum atomic E-state index is -0.548. The van der Waals surface area contributed by atoms with E-state index in [9.17, 15) is 9.59 Å². The first-order chi connectivity index (χ1) is 12.1. The fraction of sp³-hybridized carbons (Fsp3) is 0.0526. The first kappa shape index (κ1) is 15.6. The van der Waals surface area contributed by atoms with Crippen LogP contribution in [0.3, 0.4) is 0 Å². The van der Waals surface area contributed by atoms with Crippen molar-refractivity contribution in [3.63, 3.8) is 0 Å². The Bertz CT molecular complexity index is 1020. The van der Waals surface area contributed by atoms with Crippen molar-refractivity contribution < 1.29 is 14.4 Å². The SMILES string of the molecule is Nc1cc2c3c(cccc3c1Cl)C(=O)N(OCc1ccccc1)C2=O. The molecule has 0 saturated carbocycles. The molecule has 0 spiro atoms. The van der Waals surface area contributed by atoms with Crippen LogP contribution >= 0.6 is 11.6 Å². The van der Waals surface area contributed by atoms with Gasteiger partial charge in [-0.25, -0.2) is 0 Å². The Morgan fingerprint density at radius 1 is 0.960 bits per heavy atom. The number of imide groups is 1. The molecule has 25 heavy (non-hydrogen) atoms. The zero-order chi connectivity index (χ0) is 17.6. The number of nitrogen functional groups attached to an aromatic ring is 1. The normalized spacial score (nSPS) is 13.6. The Morgan fingerprint density at radius 3 is 2.44 bits per heavy atom. The second-order valence-electron chi connectivity index (χ2n) is 5.72. The molecule has 0 saturated heterocycles. The van der Waals surface area contributed by atoms with Gasteiger partial charge in [0.25, 0.3) is 11.8 Å². The first-order valence-electron chi connectivity index (χ1n) is 7.64. The van der Waals surface area contributed by atoms with Crippen LogP contribution in [0.2, 0.25) is 5.02 Å². The zero-order valence-corrected chi connectivity index (χ0v) is 13.8. The summed E-state index contributed by atoms with van der Waals surface area (Å²) in [5, 5.41) is 2.21. The zero-order valence-electron chi connectivity index (χ0n) is 13.0. The minimum Gasteiger partial charge on any atom is -0.397 e. The number of nitrogens with zero attached hydrogens (tertiary/aromatic N) is 1. The standard InChI is InChI=1S/C19H13ClN2O3/c20-17-12-7-4-8-13-16(12)14(9-15(17)21)19(24)22(18(13)23)25-10-11-5-2-1-3-6-11/h1-9H,10,21H2. The second-order valence-corrected chi connectivity index (χ2v) is 6.10. The highest BCUT2D eigenvalue weighted by Crippen LogP contribution is 2.37. The summed E-state index contributed by atoms with van der Waals surface area (Å²) in [6.45, 7) is 0.104. The third-order valence-corrected chi connectivity index (χ3v) is 4.58. The monoisotopic (exact) mass is 352 g/mol. The Balaban J connectivity index is 1.77. The van der Waals surface area contributed by atoms with Crippen LogP contribution in [0.4, 0.5) is 5.69 Å². The van der Waals surface area contributed by atoms with E-state index in [0.717, 1.165) is 10.6 Å². The Kier molecular flexibility index (Phi) is 3.67. The molecule has 0 atom stereocenters. The van der Waals surface area contributed by atoms with Crippen LogP contribution in [0.15, 0.2) is 54.6 Å². The Labute approximate surface area is 148 Å². The van der Waals surface area contributed by atoms with E-state index in [0.29, 0.717) is 26.9 Å². The van der Waals surface area contributed by atoms with Crippen molar-refractivity contribution in [1.29, 1.82) is 0 Å². The molecule has 3 aromatic rings. The average molecular weight is 353 g/mol. The maximum atomic E-state index is 12.8. The van der Waals surface area contributed by atoms with Crippen molar-refractivity contribution in [3.05, 3.63) is 76.3 Å². The number of rotatable bonds is 3. The fourth-order valence-corrected chi connectivity index (χ4v) is 3.17. The number of carbonyl (C=O) groups excluding carboxylic acids is 2. The van der Waals surface area contributed by atoms with Gasteiger partial charge in [-0.2, -0.15) is 0 Å². The molecule has 0 bridgehead atoms. The molecular weight excluding hydrogens is 340 g/mol. The molecule has 1 aliphatic rings. The van der Waals surface area contributed by atoms with Gasteiger partial charge in [-0.1, -0.05) is 54.1 Å².